The van der Waals surface area contributed by atoms with Gasteiger partial charge >= 0.3 is 0 Å². The molecule has 24 heavy (non-hydrogen) atoms. The molecule has 1 aromatic rings. The molecule has 7 nitrogen and oxygen atoms in total. The Balaban J connectivity index is 2.71. The quantitative estimate of drug-likeness (QED) is 0.650. The van der Waals surface area contributed by atoms with Crippen LogP contribution in [0, 0.1) is 0 Å². The highest BCUT2D eigenvalue weighted by atomic mass is 16.5. The molecular formula is C17H24N2O5. The molecular weight excluding hydrogens is 312 g/mol. The van der Waals surface area contributed by atoms with Crippen LogP contribution in [0.2, 0.25) is 0 Å². The Morgan fingerprint density at radius 1 is 1.17 bits per heavy atom. The second-order valence-corrected chi connectivity index (χ2v) is 4.91. The zero-order valence-corrected chi connectivity index (χ0v) is 14.3. The van der Waals surface area contributed by atoms with Crippen LogP contribution in [0.15, 0.2) is 18.2 Å². The Labute approximate surface area is 141 Å². The van der Waals surface area contributed by atoms with Crippen molar-refractivity contribution in [2.45, 2.75) is 20.8 Å². The normalized spacial score (nSPS) is 9.96. The third-order valence-electron chi connectivity index (χ3n) is 3.20. The van der Waals surface area contributed by atoms with E-state index in [0.29, 0.717) is 43.0 Å². The molecule has 0 atom stereocenters. The number of hydrogen-bond donors (Lipinski definition) is 1. The summed E-state index contributed by atoms with van der Waals surface area (Å²) < 4.78 is 10.9. The topological polar surface area (TPSA) is 84.9 Å². The first-order chi connectivity index (χ1) is 11.5. The molecule has 0 fully saturated rings. The van der Waals surface area contributed by atoms with Crippen molar-refractivity contribution < 1.29 is 23.9 Å². The standard InChI is InChI=1S/C17H24N2O5/c1-4-18-16(21)10-19(5-2)17(22)12-24-14-8-7-13(11-20)9-15(14)23-6-3/h7-9,11H,4-6,10,12H2,1-3H3,(H,18,21). The molecule has 1 N–H and O–H groups in total. The van der Waals surface area contributed by atoms with Gasteiger partial charge in [-0.1, -0.05) is 0 Å². The molecule has 1 aromatic carbocycles. The molecule has 0 spiro atoms. The first-order valence-electron chi connectivity index (χ1n) is 7.94. The van der Waals surface area contributed by atoms with E-state index in [2.05, 4.69) is 5.32 Å². The highest BCUT2D eigenvalue weighted by Gasteiger charge is 2.17. The van der Waals surface area contributed by atoms with Crippen molar-refractivity contribution in [3.8, 4) is 11.5 Å². The van der Waals surface area contributed by atoms with Gasteiger partial charge in [-0.05, 0) is 39.0 Å². The summed E-state index contributed by atoms with van der Waals surface area (Å²) in [6.07, 6.45) is 0.711. The summed E-state index contributed by atoms with van der Waals surface area (Å²) >= 11 is 0. The molecule has 0 aliphatic carbocycles. The lowest BCUT2D eigenvalue weighted by Crippen LogP contribution is -2.42. The lowest BCUT2D eigenvalue weighted by molar-refractivity contribution is -0.137. The van der Waals surface area contributed by atoms with Crippen molar-refractivity contribution in [1.29, 1.82) is 0 Å². The maximum absolute atomic E-state index is 12.2. The van der Waals surface area contributed by atoms with E-state index in [1.165, 1.54) is 4.90 Å². The van der Waals surface area contributed by atoms with Gasteiger partial charge in [0.25, 0.3) is 5.91 Å². The summed E-state index contributed by atoms with van der Waals surface area (Å²) in [5.41, 5.74) is 0.462. The molecule has 0 aromatic heterocycles. The van der Waals surface area contributed by atoms with Crippen molar-refractivity contribution >= 4 is 18.1 Å². The van der Waals surface area contributed by atoms with E-state index in [-0.39, 0.29) is 25.0 Å². The molecule has 0 bridgehead atoms. The second-order valence-electron chi connectivity index (χ2n) is 4.91. The Morgan fingerprint density at radius 2 is 1.92 bits per heavy atom. The van der Waals surface area contributed by atoms with Crippen LogP contribution in [-0.4, -0.2) is 55.8 Å². The minimum atomic E-state index is -0.300. The first-order valence-corrected chi connectivity index (χ1v) is 7.94. The van der Waals surface area contributed by atoms with Crippen LogP contribution in [0.25, 0.3) is 0 Å². The van der Waals surface area contributed by atoms with Gasteiger partial charge in [0.05, 0.1) is 13.2 Å². The number of amides is 2. The molecule has 0 saturated carbocycles. The van der Waals surface area contributed by atoms with Crippen LogP contribution in [0.5, 0.6) is 11.5 Å². The zero-order valence-electron chi connectivity index (χ0n) is 14.3. The van der Waals surface area contributed by atoms with Crippen LogP contribution in [0.4, 0.5) is 0 Å². The van der Waals surface area contributed by atoms with Gasteiger partial charge in [-0.25, -0.2) is 0 Å². The van der Waals surface area contributed by atoms with Crippen LogP contribution < -0.4 is 14.8 Å². The van der Waals surface area contributed by atoms with Crippen molar-refractivity contribution in [2.24, 2.45) is 0 Å². The van der Waals surface area contributed by atoms with Gasteiger partial charge in [0.15, 0.2) is 18.1 Å². The Bertz CT molecular complexity index is 574. The summed E-state index contributed by atoms with van der Waals surface area (Å²) in [5.74, 6) is 0.273. The average Bonchev–Trinajstić information content (AvgIpc) is 2.58. The number of nitrogens with one attached hydrogen (secondary N) is 1. The SMILES string of the molecule is CCNC(=O)CN(CC)C(=O)COc1ccc(C=O)cc1OCC. The van der Waals surface area contributed by atoms with Crippen LogP contribution in [0.1, 0.15) is 31.1 Å². The molecule has 0 radical (unpaired) electrons. The zero-order chi connectivity index (χ0) is 17.9. The molecule has 0 aliphatic rings. The lowest BCUT2D eigenvalue weighted by Gasteiger charge is -2.20. The van der Waals surface area contributed by atoms with Gasteiger partial charge in [0.1, 0.15) is 6.29 Å². The Kier molecular flexibility index (Phi) is 8.32. The monoisotopic (exact) mass is 336 g/mol. The smallest absolute Gasteiger partial charge is 0.260 e. The number of carbonyl (C=O) groups is 3. The molecule has 0 saturated heterocycles. The van der Waals surface area contributed by atoms with Gasteiger partial charge in [0.2, 0.25) is 5.91 Å². The highest BCUT2D eigenvalue weighted by Crippen LogP contribution is 2.28. The third kappa shape index (κ3) is 5.91. The number of nitrogens with zero attached hydrogens (tertiary/aromatic N) is 1. The molecule has 1 rings (SSSR count). The third-order valence-corrected chi connectivity index (χ3v) is 3.20. The van der Waals surface area contributed by atoms with Crippen molar-refractivity contribution in [3.63, 3.8) is 0 Å². The van der Waals surface area contributed by atoms with E-state index in [1.54, 1.807) is 25.1 Å². The van der Waals surface area contributed by atoms with Gasteiger partial charge < -0.3 is 19.7 Å². The fraction of sp³-hybridized carbons (Fsp3) is 0.471. The Hall–Kier alpha value is -2.57. The number of rotatable bonds is 10. The van der Waals surface area contributed by atoms with Gasteiger partial charge in [-0.15, -0.1) is 0 Å². The molecule has 0 aliphatic heterocycles. The van der Waals surface area contributed by atoms with E-state index in [4.69, 9.17) is 9.47 Å². The van der Waals surface area contributed by atoms with Crippen molar-refractivity contribution in [2.75, 3.05) is 32.8 Å². The van der Waals surface area contributed by atoms with Crippen LogP contribution in [0.3, 0.4) is 0 Å². The number of carbonyl (C=O) groups excluding carboxylic acids is 3. The summed E-state index contributed by atoms with van der Waals surface area (Å²) in [6.45, 7) is 6.53. The van der Waals surface area contributed by atoms with E-state index < -0.39 is 0 Å². The molecule has 0 heterocycles. The maximum atomic E-state index is 12.2. The number of hydrogen-bond acceptors (Lipinski definition) is 5. The number of benzene rings is 1. The summed E-state index contributed by atoms with van der Waals surface area (Å²) in [6, 6.07) is 4.73. The molecule has 0 unspecified atom stereocenters. The van der Waals surface area contributed by atoms with Gasteiger partial charge in [0, 0.05) is 18.7 Å². The number of aldehydes is 1. The summed E-state index contributed by atoms with van der Waals surface area (Å²) in [5, 5.41) is 2.65. The fourth-order valence-electron chi connectivity index (χ4n) is 2.02. The molecule has 2 amide bonds. The largest absolute Gasteiger partial charge is 0.490 e. The minimum absolute atomic E-state index is 0.00503. The van der Waals surface area contributed by atoms with E-state index >= 15 is 0 Å². The number of ether oxygens (including phenoxy) is 2. The van der Waals surface area contributed by atoms with E-state index in [1.807, 2.05) is 13.8 Å². The minimum Gasteiger partial charge on any atom is -0.490 e. The van der Waals surface area contributed by atoms with Crippen molar-refractivity contribution in [3.05, 3.63) is 23.8 Å². The fourth-order valence-corrected chi connectivity index (χ4v) is 2.02. The Morgan fingerprint density at radius 3 is 2.50 bits per heavy atom. The highest BCUT2D eigenvalue weighted by molar-refractivity contribution is 5.85. The van der Waals surface area contributed by atoms with Crippen molar-refractivity contribution in [1.82, 2.24) is 10.2 Å². The predicted octanol–water partition coefficient (Wildman–Crippen LogP) is 1.26. The lowest BCUT2D eigenvalue weighted by atomic mass is 10.2. The first kappa shape index (κ1) is 19.5. The van der Waals surface area contributed by atoms with E-state index in [0.717, 1.165) is 0 Å². The summed E-state index contributed by atoms with van der Waals surface area (Å²) in [7, 11) is 0. The van der Waals surface area contributed by atoms with Crippen LogP contribution >= 0.6 is 0 Å². The second kappa shape index (κ2) is 10.3. The molecule has 7 heteroatoms. The van der Waals surface area contributed by atoms with Crippen LogP contribution in [-0.2, 0) is 9.59 Å². The number of likely N-dealkylation sites (N-methyl/N-ethyl adjacent to an activating group) is 2. The summed E-state index contributed by atoms with van der Waals surface area (Å²) in [4.78, 5) is 36.0. The van der Waals surface area contributed by atoms with E-state index in [9.17, 15) is 14.4 Å². The average molecular weight is 336 g/mol. The maximum Gasteiger partial charge on any atom is 0.260 e. The van der Waals surface area contributed by atoms with Gasteiger partial charge in [-0.2, -0.15) is 0 Å². The molecule has 132 valence electrons. The predicted molar refractivity (Wildman–Crippen MR) is 89.4 cm³/mol. The van der Waals surface area contributed by atoms with Gasteiger partial charge in [-0.3, -0.25) is 14.4 Å².